The first-order valence-corrected chi connectivity index (χ1v) is 8.62. The number of fused-ring (bicyclic) bond motifs is 2. The Labute approximate surface area is 154 Å². The van der Waals surface area contributed by atoms with Gasteiger partial charge in [0.2, 0.25) is 0 Å². The Morgan fingerprint density at radius 2 is 2.11 bits per heavy atom. The van der Waals surface area contributed by atoms with Crippen molar-refractivity contribution in [1.82, 2.24) is 19.9 Å². The van der Waals surface area contributed by atoms with Crippen LogP contribution < -0.4 is 15.4 Å². The Bertz CT molecular complexity index is 1030. The molecule has 0 unspecified atom stereocenters. The first kappa shape index (κ1) is 17.3. The van der Waals surface area contributed by atoms with Gasteiger partial charge in [-0.1, -0.05) is 6.58 Å². The fourth-order valence-electron chi connectivity index (χ4n) is 3.09. The first-order valence-electron chi connectivity index (χ1n) is 8.62. The van der Waals surface area contributed by atoms with Gasteiger partial charge in [-0.3, -0.25) is 0 Å². The number of hydrogen-bond acceptors (Lipinski definition) is 5. The molecule has 6 nitrogen and oxygen atoms in total. The third-order valence-electron chi connectivity index (χ3n) is 4.48. The molecule has 4 rings (SSSR count). The number of aromatic nitrogens is 3. The van der Waals surface area contributed by atoms with Crippen LogP contribution >= 0.6 is 0 Å². The van der Waals surface area contributed by atoms with Gasteiger partial charge in [0.1, 0.15) is 17.7 Å². The van der Waals surface area contributed by atoms with Gasteiger partial charge in [-0.25, -0.2) is 18.3 Å². The van der Waals surface area contributed by atoms with Crippen LogP contribution in [0.15, 0.2) is 37.2 Å². The average Bonchev–Trinajstić information content (AvgIpc) is 3.04. The first-order chi connectivity index (χ1) is 12.9. The van der Waals surface area contributed by atoms with Gasteiger partial charge in [0, 0.05) is 23.5 Å². The molecule has 0 aliphatic carbocycles. The Morgan fingerprint density at radius 1 is 1.30 bits per heavy atom. The van der Waals surface area contributed by atoms with Gasteiger partial charge in [0.15, 0.2) is 17.2 Å². The minimum atomic E-state index is -0.737. The van der Waals surface area contributed by atoms with E-state index in [9.17, 15) is 8.78 Å². The van der Waals surface area contributed by atoms with E-state index in [1.165, 1.54) is 6.07 Å². The summed E-state index contributed by atoms with van der Waals surface area (Å²) in [7, 11) is 0. The molecular weight excluding hydrogens is 352 g/mol. The molecule has 2 atom stereocenters. The molecular formula is C19H19F2N5O. The lowest BCUT2D eigenvalue weighted by Gasteiger charge is -2.22. The van der Waals surface area contributed by atoms with Gasteiger partial charge in [-0.05, 0) is 26.0 Å². The molecule has 0 spiro atoms. The maximum Gasteiger partial charge on any atom is 0.168 e. The molecule has 2 bridgehead atoms. The summed E-state index contributed by atoms with van der Waals surface area (Å²) in [6.45, 7) is 8.02. The molecule has 0 saturated heterocycles. The van der Waals surface area contributed by atoms with Crippen molar-refractivity contribution < 1.29 is 13.5 Å². The molecule has 1 aliphatic heterocycles. The van der Waals surface area contributed by atoms with E-state index >= 15 is 0 Å². The SMILES string of the molecule is C=C1NC[C@H](C)Oc2c(F)cc(F)cc2[C@@H](C)Nc2ccn3ncc1c3n2. The van der Waals surface area contributed by atoms with Crippen molar-refractivity contribution in [3.8, 4) is 5.75 Å². The number of anilines is 1. The van der Waals surface area contributed by atoms with Gasteiger partial charge in [0.05, 0.1) is 24.3 Å². The van der Waals surface area contributed by atoms with Crippen LogP contribution in [-0.4, -0.2) is 27.2 Å². The lowest BCUT2D eigenvalue weighted by Crippen LogP contribution is -2.28. The standard InChI is InChI=1S/C19H19F2N5O/c1-10-8-22-11(2)15-9-23-26-5-4-17(25-19(15)26)24-12(3)14-6-13(20)7-16(21)18(14)27-10/h4-7,9-10,12,22H,2,8H2,1,3H3,(H,24,25)/t10-,12+/m0/s1. The van der Waals surface area contributed by atoms with Crippen molar-refractivity contribution in [2.75, 3.05) is 11.9 Å². The van der Waals surface area contributed by atoms with E-state index in [1.807, 2.05) is 0 Å². The molecule has 3 aromatic rings. The molecule has 140 valence electrons. The third kappa shape index (κ3) is 3.18. The van der Waals surface area contributed by atoms with E-state index in [0.717, 1.165) is 11.6 Å². The molecule has 3 heterocycles. The van der Waals surface area contributed by atoms with Gasteiger partial charge in [0.25, 0.3) is 0 Å². The predicted molar refractivity (Wildman–Crippen MR) is 98.5 cm³/mol. The number of benzene rings is 1. The highest BCUT2D eigenvalue weighted by atomic mass is 19.1. The van der Waals surface area contributed by atoms with Crippen molar-refractivity contribution in [2.24, 2.45) is 0 Å². The van der Waals surface area contributed by atoms with Crippen LogP contribution in [0.25, 0.3) is 11.3 Å². The molecule has 0 fully saturated rings. The van der Waals surface area contributed by atoms with Crippen LogP contribution in [0.2, 0.25) is 0 Å². The lowest BCUT2D eigenvalue weighted by molar-refractivity contribution is 0.210. The van der Waals surface area contributed by atoms with Crippen molar-refractivity contribution in [1.29, 1.82) is 0 Å². The third-order valence-corrected chi connectivity index (χ3v) is 4.48. The zero-order chi connectivity index (χ0) is 19.1. The number of hydrogen-bond donors (Lipinski definition) is 2. The normalized spacial score (nSPS) is 19.9. The summed E-state index contributed by atoms with van der Waals surface area (Å²) in [4.78, 5) is 4.58. The predicted octanol–water partition coefficient (Wildman–Crippen LogP) is 3.52. The summed E-state index contributed by atoms with van der Waals surface area (Å²) in [6, 6.07) is 3.41. The molecule has 2 N–H and O–H groups in total. The van der Waals surface area contributed by atoms with E-state index in [2.05, 4.69) is 27.3 Å². The summed E-state index contributed by atoms with van der Waals surface area (Å²) in [6.07, 6.45) is 3.07. The molecule has 1 aromatic carbocycles. The molecule has 0 amide bonds. The number of halogens is 2. The van der Waals surface area contributed by atoms with Crippen LogP contribution in [-0.2, 0) is 0 Å². The minimum absolute atomic E-state index is 0.0274. The zero-order valence-electron chi connectivity index (χ0n) is 15.0. The second-order valence-electron chi connectivity index (χ2n) is 6.60. The van der Waals surface area contributed by atoms with Crippen molar-refractivity contribution in [2.45, 2.75) is 26.0 Å². The van der Waals surface area contributed by atoms with E-state index < -0.39 is 17.7 Å². The van der Waals surface area contributed by atoms with E-state index in [-0.39, 0.29) is 11.9 Å². The van der Waals surface area contributed by atoms with Gasteiger partial charge < -0.3 is 15.4 Å². The maximum atomic E-state index is 14.4. The second-order valence-corrected chi connectivity index (χ2v) is 6.60. The quantitative estimate of drug-likeness (QED) is 0.633. The van der Waals surface area contributed by atoms with Crippen LogP contribution in [0.4, 0.5) is 14.6 Å². The lowest BCUT2D eigenvalue weighted by atomic mass is 10.1. The van der Waals surface area contributed by atoms with E-state index in [0.29, 0.717) is 29.3 Å². The Balaban J connectivity index is 1.84. The van der Waals surface area contributed by atoms with Crippen LogP contribution in [0.1, 0.15) is 31.0 Å². The molecule has 2 aromatic heterocycles. The maximum absolute atomic E-state index is 14.4. The second kappa shape index (κ2) is 6.53. The number of nitrogens with one attached hydrogen (secondary N) is 2. The summed E-state index contributed by atoms with van der Waals surface area (Å²) in [5.41, 5.74) is 2.40. The Kier molecular flexibility index (Phi) is 4.18. The highest BCUT2D eigenvalue weighted by molar-refractivity contribution is 5.73. The van der Waals surface area contributed by atoms with Gasteiger partial charge >= 0.3 is 0 Å². The summed E-state index contributed by atoms with van der Waals surface area (Å²) in [5, 5.41) is 10.6. The molecule has 0 radical (unpaired) electrons. The molecule has 8 heteroatoms. The minimum Gasteiger partial charge on any atom is -0.485 e. The van der Waals surface area contributed by atoms with Crippen molar-refractivity contribution >= 4 is 17.2 Å². The number of ether oxygens (including phenoxy) is 1. The van der Waals surface area contributed by atoms with E-state index in [4.69, 9.17) is 4.74 Å². The van der Waals surface area contributed by atoms with Gasteiger partial charge in [-0.15, -0.1) is 0 Å². The monoisotopic (exact) mass is 371 g/mol. The fourth-order valence-corrected chi connectivity index (χ4v) is 3.09. The molecule has 0 saturated carbocycles. The smallest absolute Gasteiger partial charge is 0.168 e. The van der Waals surface area contributed by atoms with Crippen LogP contribution in [0.5, 0.6) is 5.75 Å². The highest BCUT2D eigenvalue weighted by Gasteiger charge is 2.21. The molecule has 1 aliphatic rings. The Hall–Kier alpha value is -3.16. The van der Waals surface area contributed by atoms with Crippen molar-refractivity contribution in [3.05, 3.63) is 59.9 Å². The molecule has 27 heavy (non-hydrogen) atoms. The van der Waals surface area contributed by atoms with Crippen LogP contribution in [0, 0.1) is 11.6 Å². The zero-order valence-corrected chi connectivity index (χ0v) is 15.0. The number of rotatable bonds is 0. The fraction of sp³-hybridized carbons (Fsp3) is 0.263. The summed E-state index contributed by atoms with van der Waals surface area (Å²) < 4.78 is 35.7. The largest absolute Gasteiger partial charge is 0.485 e. The Morgan fingerprint density at radius 3 is 2.93 bits per heavy atom. The van der Waals surface area contributed by atoms with Crippen LogP contribution in [0.3, 0.4) is 0 Å². The van der Waals surface area contributed by atoms with Crippen molar-refractivity contribution in [3.63, 3.8) is 0 Å². The highest BCUT2D eigenvalue weighted by Crippen LogP contribution is 2.32. The topological polar surface area (TPSA) is 63.5 Å². The van der Waals surface area contributed by atoms with Gasteiger partial charge in [-0.2, -0.15) is 5.10 Å². The summed E-state index contributed by atoms with van der Waals surface area (Å²) in [5.74, 6) is -0.820. The summed E-state index contributed by atoms with van der Waals surface area (Å²) >= 11 is 0. The van der Waals surface area contributed by atoms with E-state index in [1.54, 1.807) is 36.8 Å². The average molecular weight is 371 g/mol. The number of nitrogens with zero attached hydrogens (tertiary/aromatic N) is 3.